The first kappa shape index (κ1) is 10.6. The van der Waals surface area contributed by atoms with Crippen molar-refractivity contribution in [3.63, 3.8) is 0 Å². The Hall–Kier alpha value is -2.13. The maximum atomic E-state index is 12.2. The first-order valence-electron chi connectivity index (χ1n) is 6.98. The monoisotopic (exact) mass is 263 g/mol. The predicted molar refractivity (Wildman–Crippen MR) is 73.4 cm³/mol. The number of ether oxygens (including phenoxy) is 1. The molecule has 2 bridgehead atoms. The summed E-state index contributed by atoms with van der Waals surface area (Å²) in [6.45, 7) is 0. The maximum absolute atomic E-state index is 12.2. The molecule has 3 nitrogen and oxygen atoms in total. The standard InChI is InChI=1S/C17H13NO2/c19-17-12-8-4-1-5-9(12)13-14(18-17)16-11-7-3-2-6-10(11)15(13)20-16/h1-8,13-16H,(H,18,19)/t13-,14+,15+,16-/m0/s1. The van der Waals surface area contributed by atoms with Crippen molar-refractivity contribution in [1.82, 2.24) is 5.32 Å². The molecule has 4 atom stereocenters. The quantitative estimate of drug-likeness (QED) is 0.793. The second kappa shape index (κ2) is 3.49. The molecule has 0 radical (unpaired) electrons. The summed E-state index contributed by atoms with van der Waals surface area (Å²) in [6.07, 6.45) is 0.0708. The number of carbonyl (C=O) groups is 1. The summed E-state index contributed by atoms with van der Waals surface area (Å²) in [7, 11) is 0. The molecule has 1 fully saturated rings. The van der Waals surface area contributed by atoms with Gasteiger partial charge in [-0.25, -0.2) is 0 Å². The predicted octanol–water partition coefficient (Wildman–Crippen LogP) is 2.71. The van der Waals surface area contributed by atoms with Crippen molar-refractivity contribution in [2.75, 3.05) is 0 Å². The largest absolute Gasteiger partial charge is 0.363 e. The zero-order chi connectivity index (χ0) is 13.3. The van der Waals surface area contributed by atoms with Crippen LogP contribution in [0.2, 0.25) is 0 Å². The van der Waals surface area contributed by atoms with Gasteiger partial charge < -0.3 is 10.1 Å². The summed E-state index contributed by atoms with van der Waals surface area (Å²) < 4.78 is 6.18. The van der Waals surface area contributed by atoms with Gasteiger partial charge in [0.2, 0.25) is 0 Å². The Morgan fingerprint density at radius 3 is 2.30 bits per heavy atom. The minimum atomic E-state index is -0.00138. The van der Waals surface area contributed by atoms with Crippen LogP contribution in [0.5, 0.6) is 0 Å². The number of amides is 1. The Morgan fingerprint density at radius 2 is 1.50 bits per heavy atom. The van der Waals surface area contributed by atoms with E-state index in [1.165, 1.54) is 11.1 Å². The van der Waals surface area contributed by atoms with E-state index in [4.69, 9.17) is 4.74 Å². The van der Waals surface area contributed by atoms with Crippen molar-refractivity contribution < 1.29 is 9.53 Å². The third-order valence-electron chi connectivity index (χ3n) is 4.80. The van der Waals surface area contributed by atoms with Crippen LogP contribution in [0.25, 0.3) is 0 Å². The number of hydrogen-bond acceptors (Lipinski definition) is 2. The van der Waals surface area contributed by atoms with Gasteiger partial charge in [-0.2, -0.15) is 0 Å². The molecule has 5 rings (SSSR count). The first-order chi connectivity index (χ1) is 9.84. The van der Waals surface area contributed by atoms with Gasteiger partial charge in [0.15, 0.2) is 0 Å². The van der Waals surface area contributed by atoms with E-state index < -0.39 is 0 Å². The molecule has 0 saturated carbocycles. The average Bonchev–Trinajstić information content (AvgIpc) is 3.05. The molecule has 0 spiro atoms. The third kappa shape index (κ3) is 1.12. The Balaban J connectivity index is 1.73. The van der Waals surface area contributed by atoms with Crippen molar-refractivity contribution in [1.29, 1.82) is 0 Å². The van der Waals surface area contributed by atoms with Gasteiger partial charge in [-0.15, -0.1) is 0 Å². The Morgan fingerprint density at radius 1 is 0.850 bits per heavy atom. The molecule has 2 aromatic rings. The van der Waals surface area contributed by atoms with E-state index in [9.17, 15) is 4.79 Å². The number of fused-ring (bicyclic) bond motifs is 10. The maximum Gasteiger partial charge on any atom is 0.251 e. The first-order valence-corrected chi connectivity index (χ1v) is 6.98. The molecule has 3 heteroatoms. The number of rotatable bonds is 0. The Bertz CT molecular complexity index is 739. The van der Waals surface area contributed by atoms with Gasteiger partial charge in [0.05, 0.1) is 12.1 Å². The van der Waals surface area contributed by atoms with Crippen LogP contribution in [0.15, 0.2) is 48.5 Å². The fourth-order valence-electron chi connectivity index (χ4n) is 4.01. The second-order valence-electron chi connectivity index (χ2n) is 5.72. The fourth-order valence-corrected chi connectivity index (χ4v) is 4.01. The van der Waals surface area contributed by atoms with Gasteiger partial charge in [0, 0.05) is 11.5 Å². The highest BCUT2D eigenvalue weighted by molar-refractivity contribution is 5.97. The zero-order valence-corrected chi connectivity index (χ0v) is 10.7. The van der Waals surface area contributed by atoms with Crippen LogP contribution in [-0.2, 0) is 4.74 Å². The lowest BCUT2D eigenvalue weighted by Gasteiger charge is -2.35. The summed E-state index contributed by atoms with van der Waals surface area (Å²) in [5.41, 5.74) is 4.44. The lowest BCUT2D eigenvalue weighted by atomic mass is 9.73. The lowest BCUT2D eigenvalue weighted by molar-refractivity contribution is 0.0611. The molecule has 0 unspecified atom stereocenters. The molecule has 3 aliphatic rings. The average molecular weight is 263 g/mol. The molecule has 2 aromatic carbocycles. The van der Waals surface area contributed by atoms with Gasteiger partial charge in [0.1, 0.15) is 6.10 Å². The van der Waals surface area contributed by atoms with Crippen LogP contribution < -0.4 is 5.32 Å². The molecule has 0 aromatic heterocycles. The number of hydrogen-bond donors (Lipinski definition) is 1. The van der Waals surface area contributed by atoms with Crippen molar-refractivity contribution in [2.45, 2.75) is 24.2 Å². The van der Waals surface area contributed by atoms with Gasteiger partial charge in [-0.1, -0.05) is 42.5 Å². The van der Waals surface area contributed by atoms with Crippen molar-refractivity contribution >= 4 is 5.91 Å². The van der Waals surface area contributed by atoms with Gasteiger partial charge in [-0.05, 0) is 22.8 Å². The van der Waals surface area contributed by atoms with Crippen LogP contribution >= 0.6 is 0 Å². The Labute approximate surface area is 116 Å². The van der Waals surface area contributed by atoms with Crippen molar-refractivity contribution in [3.8, 4) is 0 Å². The molecule has 3 heterocycles. The van der Waals surface area contributed by atoms with Gasteiger partial charge in [0.25, 0.3) is 5.91 Å². The molecule has 1 amide bonds. The molecule has 98 valence electrons. The summed E-state index contributed by atoms with van der Waals surface area (Å²) >= 11 is 0. The Kier molecular flexibility index (Phi) is 1.86. The zero-order valence-electron chi connectivity index (χ0n) is 10.7. The van der Waals surface area contributed by atoms with Gasteiger partial charge >= 0.3 is 0 Å². The molecule has 1 N–H and O–H groups in total. The lowest BCUT2D eigenvalue weighted by Crippen LogP contribution is -2.46. The smallest absolute Gasteiger partial charge is 0.251 e. The molecular weight excluding hydrogens is 250 g/mol. The molecular formula is C17H13NO2. The van der Waals surface area contributed by atoms with Crippen LogP contribution in [0, 0.1) is 0 Å². The van der Waals surface area contributed by atoms with Crippen LogP contribution in [0.3, 0.4) is 0 Å². The van der Waals surface area contributed by atoms with Gasteiger partial charge in [-0.3, -0.25) is 4.79 Å². The summed E-state index contributed by atoms with van der Waals surface area (Å²) in [5.74, 6) is 0.263. The summed E-state index contributed by atoms with van der Waals surface area (Å²) in [4.78, 5) is 12.2. The summed E-state index contributed by atoms with van der Waals surface area (Å²) in [5, 5.41) is 3.14. The molecule has 3 aliphatic heterocycles. The normalized spacial score (nSPS) is 32.3. The van der Waals surface area contributed by atoms with E-state index in [1.54, 1.807) is 0 Å². The van der Waals surface area contributed by atoms with Crippen LogP contribution in [0.4, 0.5) is 0 Å². The second-order valence-corrected chi connectivity index (χ2v) is 5.72. The highest BCUT2D eigenvalue weighted by Crippen LogP contribution is 2.58. The number of nitrogens with one attached hydrogen (secondary N) is 1. The SMILES string of the molecule is O=C1N[C@@H]2[C@H](c3ccccc31)[C@@H]1O[C@H]2c2ccccc21. The minimum absolute atomic E-state index is 0.00138. The fraction of sp³-hybridized carbons (Fsp3) is 0.235. The van der Waals surface area contributed by atoms with Crippen molar-refractivity contribution in [3.05, 3.63) is 70.8 Å². The van der Waals surface area contributed by atoms with E-state index in [0.29, 0.717) is 0 Å². The molecule has 1 saturated heterocycles. The van der Waals surface area contributed by atoms with Crippen LogP contribution in [0.1, 0.15) is 45.2 Å². The van der Waals surface area contributed by atoms with E-state index >= 15 is 0 Å². The van der Waals surface area contributed by atoms with Crippen LogP contribution in [-0.4, -0.2) is 11.9 Å². The van der Waals surface area contributed by atoms with E-state index in [2.05, 4.69) is 29.6 Å². The third-order valence-corrected chi connectivity index (χ3v) is 4.80. The van der Waals surface area contributed by atoms with E-state index in [0.717, 1.165) is 11.1 Å². The summed E-state index contributed by atoms with van der Waals surface area (Å²) in [6, 6.07) is 16.3. The highest BCUT2D eigenvalue weighted by atomic mass is 16.5. The molecule has 20 heavy (non-hydrogen) atoms. The number of carbonyl (C=O) groups excluding carboxylic acids is 1. The topological polar surface area (TPSA) is 38.3 Å². The number of benzene rings is 2. The highest BCUT2D eigenvalue weighted by Gasteiger charge is 2.55. The molecule has 0 aliphatic carbocycles. The van der Waals surface area contributed by atoms with E-state index in [-0.39, 0.29) is 30.1 Å². The van der Waals surface area contributed by atoms with Crippen molar-refractivity contribution in [2.24, 2.45) is 0 Å². The minimum Gasteiger partial charge on any atom is -0.363 e. The van der Waals surface area contributed by atoms with E-state index in [1.807, 2.05) is 24.3 Å².